The molecule has 0 aliphatic heterocycles. The number of carbonyl (C=O) groups is 2. The standard InChI is InChI=1S/C20H30N2O4/c1-20(2,3)26-19(24)22-16-12-10-15(11-13-16)21-17(18(23)25-4)14-8-6-5-7-9-14/h5-9,15-17,21H,10-13H2,1-4H3,(H,22,24). The summed E-state index contributed by atoms with van der Waals surface area (Å²) < 4.78 is 10.3. The number of rotatable bonds is 5. The Kier molecular flexibility index (Phi) is 7.03. The zero-order valence-corrected chi connectivity index (χ0v) is 16.1. The number of methoxy groups -OCH3 is 1. The van der Waals surface area contributed by atoms with Crippen LogP contribution in [0.5, 0.6) is 0 Å². The van der Waals surface area contributed by atoms with Crippen LogP contribution in [0, 0.1) is 0 Å². The third kappa shape index (κ3) is 6.33. The highest BCUT2D eigenvalue weighted by Crippen LogP contribution is 2.23. The first-order valence-electron chi connectivity index (χ1n) is 9.17. The van der Waals surface area contributed by atoms with Gasteiger partial charge in [0.15, 0.2) is 0 Å². The lowest BCUT2D eigenvalue weighted by molar-refractivity contribution is -0.143. The normalized spacial score (nSPS) is 21.5. The first-order valence-corrected chi connectivity index (χ1v) is 9.17. The Morgan fingerprint density at radius 2 is 1.62 bits per heavy atom. The summed E-state index contributed by atoms with van der Waals surface area (Å²) in [6, 6.07) is 9.43. The van der Waals surface area contributed by atoms with Crippen LogP contribution >= 0.6 is 0 Å². The Labute approximate surface area is 155 Å². The lowest BCUT2D eigenvalue weighted by atomic mass is 9.90. The molecule has 2 N–H and O–H groups in total. The van der Waals surface area contributed by atoms with Crippen molar-refractivity contribution in [3.63, 3.8) is 0 Å². The predicted molar refractivity (Wildman–Crippen MR) is 99.7 cm³/mol. The molecule has 6 heteroatoms. The molecule has 0 bridgehead atoms. The second-order valence-electron chi connectivity index (χ2n) is 7.73. The van der Waals surface area contributed by atoms with Crippen LogP contribution in [-0.4, -0.2) is 36.9 Å². The lowest BCUT2D eigenvalue weighted by Gasteiger charge is -2.32. The molecule has 1 aromatic rings. The van der Waals surface area contributed by atoms with E-state index in [0.29, 0.717) is 0 Å². The van der Waals surface area contributed by atoms with Crippen molar-refractivity contribution in [2.45, 2.75) is 70.2 Å². The van der Waals surface area contributed by atoms with E-state index in [1.54, 1.807) is 0 Å². The van der Waals surface area contributed by atoms with Crippen LogP contribution in [0.4, 0.5) is 4.79 Å². The summed E-state index contributed by atoms with van der Waals surface area (Å²) in [5, 5.41) is 6.35. The number of hydrogen-bond donors (Lipinski definition) is 2. The quantitative estimate of drug-likeness (QED) is 0.786. The molecule has 0 spiro atoms. The van der Waals surface area contributed by atoms with Gasteiger partial charge in [0.25, 0.3) is 0 Å². The number of esters is 1. The van der Waals surface area contributed by atoms with Gasteiger partial charge in [-0.2, -0.15) is 0 Å². The topological polar surface area (TPSA) is 76.7 Å². The summed E-state index contributed by atoms with van der Waals surface area (Å²) in [6.45, 7) is 5.55. The molecule has 0 saturated heterocycles. The minimum atomic E-state index is -0.494. The monoisotopic (exact) mass is 362 g/mol. The Morgan fingerprint density at radius 3 is 2.15 bits per heavy atom. The van der Waals surface area contributed by atoms with Gasteiger partial charge in [0.2, 0.25) is 0 Å². The Balaban J connectivity index is 1.86. The summed E-state index contributed by atoms with van der Waals surface area (Å²) in [5.41, 5.74) is 0.403. The van der Waals surface area contributed by atoms with E-state index < -0.39 is 11.6 Å². The summed E-state index contributed by atoms with van der Waals surface area (Å²) in [7, 11) is 1.40. The van der Waals surface area contributed by atoms with Gasteiger partial charge in [-0.1, -0.05) is 30.3 Å². The number of nitrogens with one attached hydrogen (secondary N) is 2. The van der Waals surface area contributed by atoms with E-state index in [9.17, 15) is 9.59 Å². The average molecular weight is 362 g/mol. The van der Waals surface area contributed by atoms with Crippen LogP contribution in [0.15, 0.2) is 30.3 Å². The zero-order valence-electron chi connectivity index (χ0n) is 16.1. The van der Waals surface area contributed by atoms with E-state index in [1.807, 2.05) is 51.1 Å². The molecule has 1 amide bonds. The molecule has 2 rings (SSSR count). The molecule has 0 aromatic heterocycles. The van der Waals surface area contributed by atoms with Crippen molar-refractivity contribution in [3.05, 3.63) is 35.9 Å². The third-order valence-corrected chi connectivity index (χ3v) is 4.42. The Hall–Kier alpha value is -2.08. The first-order chi connectivity index (χ1) is 12.3. The van der Waals surface area contributed by atoms with Crippen LogP contribution in [0.25, 0.3) is 0 Å². The molecule has 1 fully saturated rings. The van der Waals surface area contributed by atoms with Crippen LogP contribution < -0.4 is 10.6 Å². The maximum atomic E-state index is 12.2. The van der Waals surface area contributed by atoms with Crippen molar-refractivity contribution < 1.29 is 19.1 Å². The van der Waals surface area contributed by atoms with Crippen LogP contribution in [-0.2, 0) is 14.3 Å². The van der Waals surface area contributed by atoms with Gasteiger partial charge in [-0.25, -0.2) is 9.59 Å². The van der Waals surface area contributed by atoms with Crippen molar-refractivity contribution in [2.75, 3.05) is 7.11 Å². The molecule has 1 unspecified atom stereocenters. The van der Waals surface area contributed by atoms with E-state index in [1.165, 1.54) is 7.11 Å². The molecule has 1 atom stereocenters. The Bertz CT molecular complexity index is 590. The van der Waals surface area contributed by atoms with Crippen molar-refractivity contribution in [2.24, 2.45) is 0 Å². The number of alkyl carbamates (subject to hydrolysis) is 1. The second-order valence-corrected chi connectivity index (χ2v) is 7.73. The minimum absolute atomic E-state index is 0.108. The van der Waals surface area contributed by atoms with Crippen LogP contribution in [0.2, 0.25) is 0 Å². The molecule has 1 aromatic carbocycles. The van der Waals surface area contributed by atoms with Crippen molar-refractivity contribution >= 4 is 12.1 Å². The fraction of sp³-hybridized carbons (Fsp3) is 0.600. The highest BCUT2D eigenvalue weighted by molar-refractivity contribution is 5.77. The predicted octanol–water partition coefficient (Wildman–Crippen LogP) is 3.33. The molecule has 1 aliphatic rings. The van der Waals surface area contributed by atoms with Crippen LogP contribution in [0.3, 0.4) is 0 Å². The first kappa shape index (κ1) is 20.2. The highest BCUT2D eigenvalue weighted by Gasteiger charge is 2.29. The summed E-state index contributed by atoms with van der Waals surface area (Å²) in [4.78, 5) is 24.1. The van der Waals surface area contributed by atoms with Gasteiger partial charge in [-0.3, -0.25) is 5.32 Å². The zero-order chi connectivity index (χ0) is 19.2. The molecule has 0 radical (unpaired) electrons. The minimum Gasteiger partial charge on any atom is -0.468 e. The van der Waals surface area contributed by atoms with Gasteiger partial charge in [0, 0.05) is 12.1 Å². The number of amides is 1. The van der Waals surface area contributed by atoms with Gasteiger partial charge in [-0.05, 0) is 52.0 Å². The molecular weight excluding hydrogens is 332 g/mol. The number of carbonyl (C=O) groups excluding carboxylic acids is 2. The second kappa shape index (κ2) is 9.03. The largest absolute Gasteiger partial charge is 0.468 e. The summed E-state index contributed by atoms with van der Waals surface area (Å²) >= 11 is 0. The fourth-order valence-electron chi connectivity index (χ4n) is 3.18. The fourth-order valence-corrected chi connectivity index (χ4v) is 3.18. The molecule has 26 heavy (non-hydrogen) atoms. The highest BCUT2D eigenvalue weighted by atomic mass is 16.6. The van der Waals surface area contributed by atoms with Gasteiger partial charge in [0.05, 0.1) is 7.11 Å². The maximum Gasteiger partial charge on any atom is 0.407 e. The van der Waals surface area contributed by atoms with E-state index in [2.05, 4.69) is 10.6 Å². The van der Waals surface area contributed by atoms with Crippen LogP contribution in [0.1, 0.15) is 58.1 Å². The summed E-state index contributed by atoms with van der Waals surface area (Å²) in [6.07, 6.45) is 3.08. The number of benzene rings is 1. The Morgan fingerprint density at radius 1 is 1.04 bits per heavy atom. The van der Waals surface area contributed by atoms with Gasteiger partial charge < -0.3 is 14.8 Å². The van der Waals surface area contributed by atoms with Gasteiger partial charge in [-0.15, -0.1) is 0 Å². The maximum absolute atomic E-state index is 12.2. The lowest BCUT2D eigenvalue weighted by Crippen LogP contribution is -2.45. The number of ether oxygens (including phenoxy) is 2. The van der Waals surface area contributed by atoms with Crippen molar-refractivity contribution in [1.29, 1.82) is 0 Å². The third-order valence-electron chi connectivity index (χ3n) is 4.42. The van der Waals surface area contributed by atoms with E-state index >= 15 is 0 Å². The van der Waals surface area contributed by atoms with Gasteiger partial charge >= 0.3 is 12.1 Å². The average Bonchev–Trinajstić information content (AvgIpc) is 2.59. The van der Waals surface area contributed by atoms with Gasteiger partial charge in [0.1, 0.15) is 11.6 Å². The molecule has 6 nitrogen and oxygen atoms in total. The molecule has 0 heterocycles. The number of hydrogen-bond acceptors (Lipinski definition) is 5. The smallest absolute Gasteiger partial charge is 0.407 e. The van der Waals surface area contributed by atoms with E-state index in [-0.39, 0.29) is 24.1 Å². The molecule has 1 aliphatic carbocycles. The molecule has 144 valence electrons. The van der Waals surface area contributed by atoms with Crippen molar-refractivity contribution in [1.82, 2.24) is 10.6 Å². The molecular formula is C20H30N2O4. The van der Waals surface area contributed by atoms with Crippen molar-refractivity contribution in [3.8, 4) is 0 Å². The van der Waals surface area contributed by atoms with E-state index in [4.69, 9.17) is 9.47 Å². The molecule has 1 saturated carbocycles. The summed E-state index contributed by atoms with van der Waals surface area (Å²) in [5.74, 6) is -0.287. The van der Waals surface area contributed by atoms with E-state index in [0.717, 1.165) is 31.2 Å². The SMILES string of the molecule is COC(=O)C(NC1CCC(NC(=O)OC(C)(C)C)CC1)c1ccccc1.